The van der Waals surface area contributed by atoms with Crippen LogP contribution in [-0.2, 0) is 6.42 Å². The quantitative estimate of drug-likeness (QED) is 0.824. The van der Waals surface area contributed by atoms with Crippen molar-refractivity contribution in [2.75, 3.05) is 20.8 Å². The molecule has 22 heavy (non-hydrogen) atoms. The molecule has 2 rings (SSSR count). The summed E-state index contributed by atoms with van der Waals surface area (Å²) < 4.78 is 48.3. The summed E-state index contributed by atoms with van der Waals surface area (Å²) in [6.07, 6.45) is 4.11. The predicted octanol–water partition coefficient (Wildman–Crippen LogP) is 4.00. The first-order chi connectivity index (χ1) is 10.4. The van der Waals surface area contributed by atoms with Crippen molar-refractivity contribution in [3.8, 4) is 11.5 Å². The van der Waals surface area contributed by atoms with E-state index in [4.69, 9.17) is 9.47 Å². The fourth-order valence-corrected chi connectivity index (χ4v) is 3.32. The molecular formula is C15H20F3NO2S. The van der Waals surface area contributed by atoms with Gasteiger partial charge in [0.15, 0.2) is 0 Å². The number of piperidine rings is 1. The van der Waals surface area contributed by atoms with Gasteiger partial charge in [0.25, 0.3) is 0 Å². The number of alkyl halides is 3. The van der Waals surface area contributed by atoms with Crippen LogP contribution in [0, 0.1) is 0 Å². The second-order valence-corrected chi connectivity index (χ2v) is 6.32. The number of halogens is 3. The van der Waals surface area contributed by atoms with E-state index in [-0.39, 0.29) is 22.4 Å². The topological polar surface area (TPSA) is 30.5 Å². The molecule has 3 nitrogen and oxygen atoms in total. The molecule has 1 fully saturated rings. The Labute approximate surface area is 132 Å². The second kappa shape index (κ2) is 7.46. The van der Waals surface area contributed by atoms with Gasteiger partial charge in [0.2, 0.25) is 0 Å². The van der Waals surface area contributed by atoms with Gasteiger partial charge in [0, 0.05) is 6.04 Å². The highest BCUT2D eigenvalue weighted by Gasteiger charge is 2.31. The lowest BCUT2D eigenvalue weighted by Gasteiger charge is -2.24. The first kappa shape index (κ1) is 17.3. The highest BCUT2D eigenvalue weighted by atomic mass is 32.2. The monoisotopic (exact) mass is 335 g/mol. The SMILES string of the molecule is COc1cc(SC(F)(F)F)c(OC)cc1CC1CCCCN1. The van der Waals surface area contributed by atoms with Crippen LogP contribution in [0.15, 0.2) is 17.0 Å². The van der Waals surface area contributed by atoms with Gasteiger partial charge in [-0.25, -0.2) is 0 Å². The minimum absolute atomic E-state index is 0.0206. The number of methoxy groups -OCH3 is 2. The third-order valence-corrected chi connectivity index (χ3v) is 4.44. The minimum Gasteiger partial charge on any atom is -0.496 e. The third-order valence-electron chi connectivity index (χ3n) is 3.67. The van der Waals surface area contributed by atoms with E-state index in [1.807, 2.05) is 0 Å². The molecule has 0 amide bonds. The summed E-state index contributed by atoms with van der Waals surface area (Å²) >= 11 is -0.184. The molecule has 124 valence electrons. The van der Waals surface area contributed by atoms with Crippen molar-refractivity contribution in [1.29, 1.82) is 0 Å². The Kier molecular flexibility index (Phi) is 5.86. The van der Waals surface area contributed by atoms with Crippen LogP contribution in [0.2, 0.25) is 0 Å². The van der Waals surface area contributed by atoms with Gasteiger partial charge >= 0.3 is 5.51 Å². The zero-order valence-electron chi connectivity index (χ0n) is 12.6. The standard InChI is InChI=1S/C15H20F3NO2S/c1-20-12-9-14(22-15(16,17)18)13(21-2)8-10(12)7-11-5-3-4-6-19-11/h8-9,11,19H,3-7H2,1-2H3. The lowest BCUT2D eigenvalue weighted by molar-refractivity contribution is -0.0328. The summed E-state index contributed by atoms with van der Waals surface area (Å²) in [7, 11) is 2.85. The molecule has 0 aliphatic carbocycles. The molecule has 1 aromatic rings. The number of benzene rings is 1. The van der Waals surface area contributed by atoms with Crippen molar-refractivity contribution >= 4 is 11.8 Å². The molecule has 1 heterocycles. The van der Waals surface area contributed by atoms with Gasteiger partial charge in [-0.15, -0.1) is 0 Å². The molecule has 0 aromatic heterocycles. The zero-order valence-corrected chi connectivity index (χ0v) is 13.4. The maximum atomic E-state index is 12.6. The highest BCUT2D eigenvalue weighted by molar-refractivity contribution is 8.00. The molecule has 0 bridgehead atoms. The van der Waals surface area contributed by atoms with Crippen LogP contribution in [0.5, 0.6) is 11.5 Å². The van der Waals surface area contributed by atoms with Crippen molar-refractivity contribution < 1.29 is 22.6 Å². The molecule has 1 unspecified atom stereocenters. The number of hydrogen-bond donors (Lipinski definition) is 1. The summed E-state index contributed by atoms with van der Waals surface area (Å²) in [5.41, 5.74) is -3.49. The molecule has 0 saturated carbocycles. The van der Waals surface area contributed by atoms with Crippen LogP contribution >= 0.6 is 11.8 Å². The van der Waals surface area contributed by atoms with Crippen LogP contribution in [0.3, 0.4) is 0 Å². The smallest absolute Gasteiger partial charge is 0.446 e. The van der Waals surface area contributed by atoms with E-state index in [9.17, 15) is 13.2 Å². The zero-order chi connectivity index (χ0) is 16.2. The Morgan fingerprint density at radius 2 is 1.91 bits per heavy atom. The predicted molar refractivity (Wildman–Crippen MR) is 80.8 cm³/mol. The largest absolute Gasteiger partial charge is 0.496 e. The first-order valence-corrected chi connectivity index (χ1v) is 7.98. The normalized spacial score (nSPS) is 19.0. The van der Waals surface area contributed by atoms with Crippen molar-refractivity contribution in [3.05, 3.63) is 17.7 Å². The van der Waals surface area contributed by atoms with E-state index in [0.717, 1.165) is 31.4 Å². The summed E-state index contributed by atoms with van der Waals surface area (Å²) in [5, 5.41) is 3.43. The van der Waals surface area contributed by atoms with Gasteiger partial charge in [-0.3, -0.25) is 0 Å². The summed E-state index contributed by atoms with van der Waals surface area (Å²) in [6, 6.07) is 3.40. The Balaban J connectivity index is 2.25. The molecule has 1 aromatic carbocycles. The number of rotatable bonds is 5. The van der Waals surface area contributed by atoms with Crippen molar-refractivity contribution in [1.82, 2.24) is 5.32 Å². The Hall–Kier alpha value is -1.08. The lowest BCUT2D eigenvalue weighted by Crippen LogP contribution is -2.35. The van der Waals surface area contributed by atoms with Crippen LogP contribution < -0.4 is 14.8 Å². The van der Waals surface area contributed by atoms with E-state index >= 15 is 0 Å². The van der Waals surface area contributed by atoms with Gasteiger partial charge < -0.3 is 14.8 Å². The summed E-state index contributed by atoms with van der Waals surface area (Å²) in [5.74, 6) is 0.703. The number of thioether (sulfide) groups is 1. The Morgan fingerprint density at radius 3 is 2.45 bits per heavy atom. The lowest BCUT2D eigenvalue weighted by atomic mass is 9.97. The Morgan fingerprint density at radius 1 is 1.18 bits per heavy atom. The van der Waals surface area contributed by atoms with E-state index in [1.54, 1.807) is 6.07 Å². The van der Waals surface area contributed by atoms with Crippen LogP contribution in [0.25, 0.3) is 0 Å². The van der Waals surface area contributed by atoms with Crippen molar-refractivity contribution in [3.63, 3.8) is 0 Å². The molecule has 1 aliphatic rings. The average Bonchev–Trinajstić information content (AvgIpc) is 2.48. The van der Waals surface area contributed by atoms with Crippen LogP contribution in [0.4, 0.5) is 13.2 Å². The fraction of sp³-hybridized carbons (Fsp3) is 0.600. The molecule has 1 atom stereocenters. The van der Waals surface area contributed by atoms with Gasteiger partial charge in [-0.05, 0) is 55.3 Å². The fourth-order valence-electron chi connectivity index (χ4n) is 2.66. The third kappa shape index (κ3) is 4.71. The molecule has 7 heteroatoms. The molecule has 1 N–H and O–H groups in total. The molecule has 0 spiro atoms. The maximum Gasteiger partial charge on any atom is 0.446 e. The molecular weight excluding hydrogens is 315 g/mol. The van der Waals surface area contributed by atoms with Crippen LogP contribution in [-0.4, -0.2) is 32.3 Å². The summed E-state index contributed by atoms with van der Waals surface area (Å²) in [6.45, 7) is 0.978. The van der Waals surface area contributed by atoms with Gasteiger partial charge in [0.05, 0.1) is 19.1 Å². The summed E-state index contributed by atoms with van der Waals surface area (Å²) in [4.78, 5) is 0.0206. The number of hydrogen-bond acceptors (Lipinski definition) is 4. The minimum atomic E-state index is -4.36. The number of nitrogens with one attached hydrogen (secondary N) is 1. The maximum absolute atomic E-state index is 12.6. The number of ether oxygens (including phenoxy) is 2. The van der Waals surface area contributed by atoms with E-state index < -0.39 is 5.51 Å². The van der Waals surface area contributed by atoms with E-state index in [1.165, 1.54) is 26.7 Å². The first-order valence-electron chi connectivity index (χ1n) is 7.17. The van der Waals surface area contributed by atoms with Gasteiger partial charge in [0.1, 0.15) is 11.5 Å². The van der Waals surface area contributed by atoms with Gasteiger partial charge in [-0.1, -0.05) is 6.42 Å². The van der Waals surface area contributed by atoms with Gasteiger partial charge in [-0.2, -0.15) is 13.2 Å². The second-order valence-electron chi connectivity index (χ2n) is 5.21. The highest BCUT2D eigenvalue weighted by Crippen LogP contribution is 2.44. The average molecular weight is 335 g/mol. The van der Waals surface area contributed by atoms with Crippen LogP contribution in [0.1, 0.15) is 24.8 Å². The molecule has 0 radical (unpaired) electrons. The van der Waals surface area contributed by atoms with Crippen molar-refractivity contribution in [2.24, 2.45) is 0 Å². The van der Waals surface area contributed by atoms with Crippen molar-refractivity contribution in [2.45, 2.75) is 42.1 Å². The molecule has 1 aliphatic heterocycles. The van der Waals surface area contributed by atoms with E-state index in [2.05, 4.69) is 5.32 Å². The van der Waals surface area contributed by atoms with E-state index in [0.29, 0.717) is 11.8 Å². The Bertz CT molecular complexity index is 502. The molecule has 1 saturated heterocycles.